The largest absolute Gasteiger partial charge is 0.478 e. The van der Waals surface area contributed by atoms with Crippen molar-refractivity contribution in [3.63, 3.8) is 0 Å². The van der Waals surface area contributed by atoms with E-state index in [0.717, 1.165) is 22.3 Å². The number of alkyl carbamates (subject to hydrolysis) is 1. The highest BCUT2D eigenvalue weighted by Crippen LogP contribution is 2.44. The summed E-state index contributed by atoms with van der Waals surface area (Å²) in [4.78, 5) is 36.4. The maximum absolute atomic E-state index is 12.7. The molecule has 0 fully saturated rings. The number of carbonyl (C=O) groups excluding carboxylic acids is 2. The van der Waals surface area contributed by atoms with Crippen molar-refractivity contribution in [3.05, 3.63) is 89.5 Å². The Balaban J connectivity index is 1.40. The van der Waals surface area contributed by atoms with Gasteiger partial charge in [-0.1, -0.05) is 54.6 Å². The lowest BCUT2D eigenvalue weighted by Crippen LogP contribution is -2.47. The molecule has 0 heterocycles. The Morgan fingerprint density at radius 3 is 2.21 bits per heavy atom. The predicted octanol–water partition coefficient (Wildman–Crippen LogP) is 3.88. The molecule has 0 saturated carbocycles. The first-order chi connectivity index (χ1) is 16.5. The van der Waals surface area contributed by atoms with Gasteiger partial charge in [-0.05, 0) is 40.5 Å². The number of aromatic carboxylic acids is 1. The molecule has 174 valence electrons. The summed E-state index contributed by atoms with van der Waals surface area (Å²) in [5, 5.41) is 14.3. The van der Waals surface area contributed by atoms with Gasteiger partial charge in [0.2, 0.25) is 5.91 Å². The average molecular weight is 460 g/mol. The molecule has 1 aliphatic rings. The third-order valence-corrected chi connectivity index (χ3v) is 5.66. The van der Waals surface area contributed by atoms with Crippen molar-refractivity contribution in [1.29, 1.82) is 0 Å². The number of hydrogen-bond acceptors (Lipinski definition) is 5. The number of hydrogen-bond donors (Lipinski definition) is 3. The molecule has 0 unspecified atom stereocenters. The average Bonchev–Trinajstić information content (AvgIpc) is 3.16. The van der Waals surface area contributed by atoms with E-state index in [4.69, 9.17) is 14.6 Å². The summed E-state index contributed by atoms with van der Waals surface area (Å²) in [6, 6.07) is 20.8. The topological polar surface area (TPSA) is 114 Å². The van der Waals surface area contributed by atoms with Gasteiger partial charge in [0.15, 0.2) is 0 Å². The Kier molecular flexibility index (Phi) is 6.89. The van der Waals surface area contributed by atoms with Crippen LogP contribution in [0.3, 0.4) is 0 Å². The van der Waals surface area contributed by atoms with Crippen LogP contribution in [0.25, 0.3) is 11.1 Å². The maximum atomic E-state index is 12.7. The van der Waals surface area contributed by atoms with Crippen LogP contribution in [0.1, 0.15) is 27.4 Å². The van der Waals surface area contributed by atoms with Crippen molar-refractivity contribution in [2.45, 2.75) is 12.0 Å². The molecule has 3 aromatic carbocycles. The highest BCUT2D eigenvalue weighted by molar-refractivity contribution is 5.98. The maximum Gasteiger partial charge on any atom is 0.407 e. The highest BCUT2D eigenvalue weighted by atomic mass is 16.5. The van der Waals surface area contributed by atoms with Gasteiger partial charge >= 0.3 is 12.1 Å². The molecule has 3 aromatic rings. The van der Waals surface area contributed by atoms with E-state index in [1.165, 1.54) is 25.3 Å². The number of carboxylic acids is 1. The summed E-state index contributed by atoms with van der Waals surface area (Å²) >= 11 is 0. The second-order valence-corrected chi connectivity index (χ2v) is 7.85. The number of fused-ring (bicyclic) bond motifs is 3. The van der Waals surface area contributed by atoms with Crippen molar-refractivity contribution in [1.82, 2.24) is 5.32 Å². The number of rotatable bonds is 8. The molecule has 0 radical (unpaired) electrons. The fourth-order valence-corrected chi connectivity index (χ4v) is 4.09. The zero-order chi connectivity index (χ0) is 24.1. The Morgan fingerprint density at radius 1 is 0.941 bits per heavy atom. The summed E-state index contributed by atoms with van der Waals surface area (Å²) in [7, 11) is 1.41. The number of methoxy groups -OCH3 is 1. The quantitative estimate of drug-likeness (QED) is 0.470. The molecule has 0 aromatic heterocycles. The van der Waals surface area contributed by atoms with Crippen molar-refractivity contribution in [2.75, 3.05) is 25.6 Å². The zero-order valence-electron chi connectivity index (χ0n) is 18.5. The fraction of sp³-hybridized carbons (Fsp3) is 0.192. The van der Waals surface area contributed by atoms with Gasteiger partial charge in [0, 0.05) is 18.7 Å². The standard InChI is InChI=1S/C26H24N2O6/c1-33-15-23(24(29)27-17-8-6-7-16(13-17)25(30)31)28-26(32)34-14-22-20-11-4-2-9-18(20)19-10-3-5-12-21(19)22/h2-13,22-23H,14-15H2,1H3,(H,27,29)(H,28,32)(H,30,31)/t23-/m0/s1. The molecular formula is C26H24N2O6. The van der Waals surface area contributed by atoms with Crippen molar-refractivity contribution >= 4 is 23.7 Å². The number of nitrogens with one attached hydrogen (secondary N) is 2. The van der Waals surface area contributed by atoms with Crippen LogP contribution in [-0.4, -0.2) is 49.4 Å². The van der Waals surface area contributed by atoms with Crippen LogP contribution in [0.5, 0.6) is 0 Å². The normalized spacial score (nSPS) is 12.9. The fourth-order valence-electron chi connectivity index (χ4n) is 4.09. The molecule has 4 rings (SSSR count). The number of anilines is 1. The molecule has 0 saturated heterocycles. The van der Waals surface area contributed by atoms with Gasteiger partial charge in [0.25, 0.3) is 0 Å². The van der Waals surface area contributed by atoms with Crippen molar-refractivity contribution < 1.29 is 29.0 Å². The monoisotopic (exact) mass is 460 g/mol. The Labute approximate surface area is 196 Å². The first kappa shape index (κ1) is 23.0. The lowest BCUT2D eigenvalue weighted by atomic mass is 9.98. The molecule has 2 amide bonds. The second kappa shape index (κ2) is 10.2. The van der Waals surface area contributed by atoms with Gasteiger partial charge < -0.3 is 25.2 Å². The minimum Gasteiger partial charge on any atom is -0.478 e. The first-order valence-electron chi connectivity index (χ1n) is 10.7. The highest BCUT2D eigenvalue weighted by Gasteiger charge is 2.29. The van der Waals surface area contributed by atoms with Gasteiger partial charge in [-0.25, -0.2) is 9.59 Å². The minimum absolute atomic E-state index is 0.0330. The molecular weight excluding hydrogens is 436 g/mol. The van der Waals surface area contributed by atoms with Crippen LogP contribution in [-0.2, 0) is 14.3 Å². The molecule has 0 spiro atoms. The van der Waals surface area contributed by atoms with Gasteiger partial charge in [0.05, 0.1) is 12.2 Å². The minimum atomic E-state index is -1.11. The molecule has 34 heavy (non-hydrogen) atoms. The number of amides is 2. The number of ether oxygens (including phenoxy) is 2. The van der Waals surface area contributed by atoms with Crippen LogP contribution < -0.4 is 10.6 Å². The molecule has 8 nitrogen and oxygen atoms in total. The van der Waals surface area contributed by atoms with E-state index in [0.29, 0.717) is 5.69 Å². The van der Waals surface area contributed by atoms with E-state index in [-0.39, 0.29) is 24.7 Å². The summed E-state index contributed by atoms with van der Waals surface area (Å²) in [5.41, 5.74) is 4.73. The third kappa shape index (κ3) is 4.92. The van der Waals surface area contributed by atoms with Gasteiger partial charge in [-0.15, -0.1) is 0 Å². The Bertz CT molecular complexity index is 1180. The van der Waals surface area contributed by atoms with E-state index in [1.807, 2.05) is 48.5 Å². The number of benzene rings is 3. The second-order valence-electron chi connectivity index (χ2n) is 7.85. The summed E-state index contributed by atoms with van der Waals surface area (Å²) in [6.45, 7) is 0.0243. The number of carbonyl (C=O) groups is 3. The van der Waals surface area contributed by atoms with Crippen LogP contribution in [0.15, 0.2) is 72.8 Å². The van der Waals surface area contributed by atoms with Gasteiger partial charge in [-0.2, -0.15) is 0 Å². The van der Waals surface area contributed by atoms with E-state index in [9.17, 15) is 14.4 Å². The Hall–Kier alpha value is -4.17. The SMILES string of the molecule is COC[C@H](NC(=O)OCC1c2ccccc2-c2ccccc21)C(=O)Nc1cccc(C(=O)O)c1. The molecule has 1 atom stereocenters. The van der Waals surface area contributed by atoms with Crippen molar-refractivity contribution in [3.8, 4) is 11.1 Å². The van der Waals surface area contributed by atoms with E-state index < -0.39 is 24.0 Å². The Morgan fingerprint density at radius 2 is 1.59 bits per heavy atom. The van der Waals surface area contributed by atoms with E-state index in [1.54, 1.807) is 6.07 Å². The molecule has 0 bridgehead atoms. The smallest absolute Gasteiger partial charge is 0.407 e. The molecule has 0 aliphatic heterocycles. The van der Waals surface area contributed by atoms with E-state index in [2.05, 4.69) is 10.6 Å². The summed E-state index contributed by atoms with van der Waals surface area (Å²) in [5.74, 6) is -1.77. The lowest BCUT2D eigenvalue weighted by Gasteiger charge is -2.19. The van der Waals surface area contributed by atoms with Crippen molar-refractivity contribution in [2.24, 2.45) is 0 Å². The van der Waals surface area contributed by atoms with Gasteiger partial charge in [-0.3, -0.25) is 4.79 Å². The summed E-state index contributed by atoms with van der Waals surface area (Å²) in [6.07, 6.45) is -0.752. The predicted molar refractivity (Wildman–Crippen MR) is 126 cm³/mol. The van der Waals surface area contributed by atoms with E-state index >= 15 is 0 Å². The van der Waals surface area contributed by atoms with Crippen LogP contribution in [0.2, 0.25) is 0 Å². The number of carboxylic acid groups (broad SMARTS) is 1. The van der Waals surface area contributed by atoms with Gasteiger partial charge in [0.1, 0.15) is 12.6 Å². The van der Waals surface area contributed by atoms with Crippen LogP contribution in [0.4, 0.5) is 10.5 Å². The first-order valence-corrected chi connectivity index (χ1v) is 10.7. The summed E-state index contributed by atoms with van der Waals surface area (Å²) < 4.78 is 10.6. The molecule has 3 N–H and O–H groups in total. The molecule has 1 aliphatic carbocycles. The zero-order valence-corrected chi connectivity index (χ0v) is 18.5. The van der Waals surface area contributed by atoms with Crippen LogP contribution >= 0.6 is 0 Å². The lowest BCUT2D eigenvalue weighted by molar-refractivity contribution is -0.119. The van der Waals surface area contributed by atoms with Crippen LogP contribution in [0, 0.1) is 0 Å². The molecule has 8 heteroatoms. The third-order valence-electron chi connectivity index (χ3n) is 5.66.